The molecule has 0 N–H and O–H groups in total. The molecule has 1 aromatic carbocycles. The first-order valence-electron chi connectivity index (χ1n) is 8.49. The van der Waals surface area contributed by atoms with Crippen molar-refractivity contribution in [3.63, 3.8) is 0 Å². The summed E-state index contributed by atoms with van der Waals surface area (Å²) in [6.45, 7) is 5.69. The standard InChI is InChI=1S/C18H25NO5S/c1-18(2,3)24-17(20)19-10-13-9-14(7-8-15(13)16(19)23-4)25(21,22)11-12-5-6-12/h7-9,12,16H,5-6,10-11H2,1-4H3. The molecule has 1 amide bonds. The average molecular weight is 367 g/mol. The molecule has 1 aliphatic carbocycles. The molecule has 2 aliphatic rings. The number of amides is 1. The third-order valence-corrected chi connectivity index (χ3v) is 6.25. The zero-order chi connectivity index (χ0) is 18.4. The number of hydrogen-bond donors (Lipinski definition) is 0. The van der Waals surface area contributed by atoms with Gasteiger partial charge >= 0.3 is 6.09 Å². The highest BCUT2D eigenvalue weighted by Crippen LogP contribution is 2.38. The molecule has 1 aliphatic heterocycles. The molecule has 1 saturated carbocycles. The maximum Gasteiger partial charge on any atom is 0.412 e. The van der Waals surface area contributed by atoms with Gasteiger partial charge in [-0.3, -0.25) is 4.90 Å². The van der Waals surface area contributed by atoms with Crippen molar-refractivity contribution >= 4 is 15.9 Å². The highest BCUT2D eigenvalue weighted by Gasteiger charge is 2.37. The van der Waals surface area contributed by atoms with E-state index in [-0.39, 0.29) is 12.3 Å². The van der Waals surface area contributed by atoms with Crippen LogP contribution >= 0.6 is 0 Å². The van der Waals surface area contributed by atoms with Gasteiger partial charge < -0.3 is 9.47 Å². The predicted molar refractivity (Wildman–Crippen MR) is 92.7 cm³/mol. The van der Waals surface area contributed by atoms with Gasteiger partial charge in [-0.15, -0.1) is 0 Å². The van der Waals surface area contributed by atoms with E-state index in [9.17, 15) is 13.2 Å². The minimum Gasteiger partial charge on any atom is -0.444 e. The van der Waals surface area contributed by atoms with Crippen LogP contribution in [-0.2, 0) is 25.9 Å². The van der Waals surface area contributed by atoms with Crippen LogP contribution < -0.4 is 0 Å². The van der Waals surface area contributed by atoms with E-state index in [1.54, 1.807) is 39.0 Å². The smallest absolute Gasteiger partial charge is 0.412 e. The van der Waals surface area contributed by atoms with Crippen LogP contribution in [0.2, 0.25) is 0 Å². The lowest BCUT2D eigenvalue weighted by molar-refractivity contribution is -0.0448. The Labute approximate surface area is 149 Å². The fourth-order valence-corrected chi connectivity index (χ4v) is 4.76. The Morgan fingerprint density at radius 3 is 2.52 bits per heavy atom. The highest BCUT2D eigenvalue weighted by molar-refractivity contribution is 7.91. The van der Waals surface area contributed by atoms with Gasteiger partial charge in [-0.1, -0.05) is 6.07 Å². The Kier molecular flexibility index (Phi) is 4.58. The molecule has 7 heteroatoms. The second-order valence-electron chi connectivity index (χ2n) is 7.78. The summed E-state index contributed by atoms with van der Waals surface area (Å²) >= 11 is 0. The third kappa shape index (κ3) is 3.98. The van der Waals surface area contributed by atoms with E-state index in [4.69, 9.17) is 9.47 Å². The third-order valence-electron chi connectivity index (χ3n) is 4.37. The van der Waals surface area contributed by atoms with Crippen molar-refractivity contribution in [3.05, 3.63) is 29.3 Å². The molecule has 3 rings (SSSR count). The molecule has 138 valence electrons. The molecule has 0 spiro atoms. The second kappa shape index (κ2) is 6.29. The molecule has 1 unspecified atom stereocenters. The van der Waals surface area contributed by atoms with E-state index in [0.29, 0.717) is 10.8 Å². The number of fused-ring (bicyclic) bond motifs is 1. The second-order valence-corrected chi connectivity index (χ2v) is 9.82. The Bertz CT molecular complexity index is 777. The number of hydrogen-bond acceptors (Lipinski definition) is 5. The van der Waals surface area contributed by atoms with Crippen molar-refractivity contribution in [1.29, 1.82) is 0 Å². The first kappa shape index (κ1) is 18.2. The fraction of sp³-hybridized carbons (Fsp3) is 0.611. The Morgan fingerprint density at radius 1 is 1.28 bits per heavy atom. The summed E-state index contributed by atoms with van der Waals surface area (Å²) in [6.07, 6.45) is 0.938. The van der Waals surface area contributed by atoms with Crippen molar-refractivity contribution in [1.82, 2.24) is 4.90 Å². The molecule has 25 heavy (non-hydrogen) atoms. The van der Waals surface area contributed by atoms with Gasteiger partial charge in [0, 0.05) is 12.7 Å². The van der Waals surface area contributed by atoms with Crippen LogP contribution in [0.1, 0.15) is 51.0 Å². The van der Waals surface area contributed by atoms with Crippen molar-refractivity contribution in [2.75, 3.05) is 12.9 Å². The normalized spacial score (nSPS) is 20.5. The average Bonchev–Trinajstić information content (AvgIpc) is 3.21. The first-order valence-corrected chi connectivity index (χ1v) is 10.1. The number of carbonyl (C=O) groups is 1. The lowest BCUT2D eigenvalue weighted by Crippen LogP contribution is -2.36. The highest BCUT2D eigenvalue weighted by atomic mass is 32.2. The summed E-state index contributed by atoms with van der Waals surface area (Å²) in [4.78, 5) is 14.2. The summed E-state index contributed by atoms with van der Waals surface area (Å²) in [5.74, 6) is 0.498. The Morgan fingerprint density at radius 2 is 1.96 bits per heavy atom. The van der Waals surface area contributed by atoms with Gasteiger partial charge in [0.2, 0.25) is 0 Å². The number of rotatable bonds is 4. The largest absolute Gasteiger partial charge is 0.444 e. The molecule has 1 fully saturated rings. The van der Waals surface area contributed by atoms with Crippen LogP contribution in [0.5, 0.6) is 0 Å². The van der Waals surface area contributed by atoms with Gasteiger partial charge in [0.15, 0.2) is 16.1 Å². The van der Waals surface area contributed by atoms with Gasteiger partial charge in [-0.05, 0) is 57.2 Å². The summed E-state index contributed by atoms with van der Waals surface area (Å²) in [5, 5.41) is 0. The van der Waals surface area contributed by atoms with Crippen molar-refractivity contribution in [2.24, 2.45) is 5.92 Å². The first-order chi connectivity index (χ1) is 11.6. The summed E-state index contributed by atoms with van der Waals surface area (Å²) in [5.41, 5.74) is 0.983. The maximum atomic E-state index is 12.5. The zero-order valence-corrected chi connectivity index (χ0v) is 15.9. The predicted octanol–water partition coefficient (Wildman–Crippen LogP) is 3.27. The van der Waals surface area contributed by atoms with E-state index in [0.717, 1.165) is 24.0 Å². The number of ether oxygens (including phenoxy) is 2. The molecule has 1 heterocycles. The molecular formula is C18H25NO5S. The van der Waals surface area contributed by atoms with Crippen LogP contribution in [0.25, 0.3) is 0 Å². The molecule has 0 radical (unpaired) electrons. The monoisotopic (exact) mass is 367 g/mol. The molecule has 0 aromatic heterocycles. The molecule has 6 nitrogen and oxygen atoms in total. The van der Waals surface area contributed by atoms with Gasteiger partial charge in [0.25, 0.3) is 0 Å². The number of methoxy groups -OCH3 is 1. The van der Waals surface area contributed by atoms with Crippen LogP contribution in [0.15, 0.2) is 23.1 Å². The maximum absolute atomic E-state index is 12.5. The lowest BCUT2D eigenvalue weighted by atomic mass is 10.1. The van der Waals surface area contributed by atoms with Crippen molar-refractivity contribution in [3.8, 4) is 0 Å². The van der Waals surface area contributed by atoms with Crippen LogP contribution in [0.3, 0.4) is 0 Å². The lowest BCUT2D eigenvalue weighted by Gasteiger charge is -2.27. The van der Waals surface area contributed by atoms with Gasteiger partial charge in [0.1, 0.15) is 5.60 Å². The van der Waals surface area contributed by atoms with Gasteiger partial charge in [-0.2, -0.15) is 0 Å². The van der Waals surface area contributed by atoms with E-state index in [2.05, 4.69) is 0 Å². The van der Waals surface area contributed by atoms with Gasteiger partial charge in [-0.25, -0.2) is 13.2 Å². The van der Waals surface area contributed by atoms with Crippen LogP contribution in [0, 0.1) is 5.92 Å². The number of sulfone groups is 1. The zero-order valence-electron chi connectivity index (χ0n) is 15.1. The summed E-state index contributed by atoms with van der Waals surface area (Å²) in [7, 11) is -1.76. The molecule has 1 atom stereocenters. The van der Waals surface area contributed by atoms with Crippen LogP contribution in [-0.4, -0.2) is 37.9 Å². The number of benzene rings is 1. The SMILES string of the molecule is COC1c2ccc(S(=O)(=O)CC3CC3)cc2CN1C(=O)OC(C)(C)C. The number of carbonyl (C=O) groups excluding carboxylic acids is 1. The molecular weight excluding hydrogens is 342 g/mol. The van der Waals surface area contributed by atoms with E-state index < -0.39 is 27.8 Å². The quantitative estimate of drug-likeness (QED) is 0.817. The van der Waals surface area contributed by atoms with E-state index in [1.165, 1.54) is 12.0 Å². The summed E-state index contributed by atoms with van der Waals surface area (Å²) in [6, 6.07) is 5.03. The van der Waals surface area contributed by atoms with Crippen molar-refractivity contribution in [2.45, 2.75) is 56.9 Å². The van der Waals surface area contributed by atoms with E-state index >= 15 is 0 Å². The molecule has 0 saturated heterocycles. The van der Waals surface area contributed by atoms with Crippen LogP contribution in [0.4, 0.5) is 4.79 Å². The molecule has 0 bridgehead atoms. The minimum absolute atomic E-state index is 0.204. The topological polar surface area (TPSA) is 72.9 Å². The minimum atomic E-state index is -3.28. The Hall–Kier alpha value is -1.60. The van der Waals surface area contributed by atoms with Gasteiger partial charge in [0.05, 0.1) is 17.2 Å². The fourth-order valence-electron chi connectivity index (χ4n) is 3.01. The molecule has 1 aromatic rings. The number of nitrogens with zero attached hydrogens (tertiary/aromatic N) is 1. The van der Waals surface area contributed by atoms with E-state index in [1.807, 2.05) is 0 Å². The Balaban J connectivity index is 1.85. The van der Waals surface area contributed by atoms with Crippen molar-refractivity contribution < 1.29 is 22.7 Å². The summed E-state index contributed by atoms with van der Waals surface area (Å²) < 4.78 is 35.9.